The molecule has 0 bridgehead atoms. The fourth-order valence-corrected chi connectivity index (χ4v) is 4.22. The Bertz CT molecular complexity index is 1560. The Morgan fingerprint density at radius 3 is 1.84 bits per heavy atom. The van der Waals surface area contributed by atoms with Gasteiger partial charge in [-0.3, -0.25) is 9.59 Å². The molecule has 0 fully saturated rings. The summed E-state index contributed by atoms with van der Waals surface area (Å²) in [6.45, 7) is -3.94. The van der Waals surface area contributed by atoms with Gasteiger partial charge in [0.2, 0.25) is 0 Å². The number of rotatable bonds is 7. The second-order valence-corrected chi connectivity index (χ2v) is 9.34. The Morgan fingerprint density at radius 1 is 0.750 bits per heavy atom. The van der Waals surface area contributed by atoms with E-state index in [-0.39, 0.29) is 6.07 Å². The van der Waals surface area contributed by atoms with Crippen LogP contribution in [0.3, 0.4) is 0 Å². The normalized spacial score (nSPS) is 12.7. The predicted molar refractivity (Wildman–Crippen MR) is 129 cm³/mol. The molecule has 238 valence electrons. The molecule has 0 radical (unpaired) electrons. The van der Waals surface area contributed by atoms with Gasteiger partial charge >= 0.3 is 30.8 Å². The summed E-state index contributed by atoms with van der Waals surface area (Å²) in [6.07, 6.45) is -18.3. The van der Waals surface area contributed by atoms with E-state index in [1.54, 1.807) is 5.32 Å². The first-order chi connectivity index (χ1) is 20.1. The third-order valence-electron chi connectivity index (χ3n) is 5.66. The summed E-state index contributed by atoms with van der Waals surface area (Å²) in [5.74, 6) is -6.31. The van der Waals surface area contributed by atoms with Gasteiger partial charge in [0, 0.05) is 10.0 Å². The summed E-state index contributed by atoms with van der Waals surface area (Å²) in [7, 11) is 0. The zero-order valence-electron chi connectivity index (χ0n) is 20.8. The number of hydrogen-bond donors (Lipinski definition) is 2. The van der Waals surface area contributed by atoms with Crippen LogP contribution >= 0.6 is 15.9 Å². The molecule has 5 nitrogen and oxygen atoms in total. The van der Waals surface area contributed by atoms with Gasteiger partial charge in [-0.2, -0.15) is 48.3 Å². The summed E-state index contributed by atoms with van der Waals surface area (Å²) in [4.78, 5) is 25.3. The SMILES string of the molecule is O=C(Nc1cccc(C(=O)Nc2c(Br)cc(C(F)(C(F)(F)F)C(F)(F)F)cc2OC(F)F)c1F)c1ccccc1C(F)(F)F. The third-order valence-corrected chi connectivity index (χ3v) is 6.28. The molecule has 3 rings (SSSR count). The molecule has 0 heterocycles. The maximum atomic E-state index is 15.2. The Labute approximate surface area is 245 Å². The maximum absolute atomic E-state index is 15.2. The lowest BCUT2D eigenvalue weighted by molar-refractivity contribution is -0.348. The Balaban J connectivity index is 2.02. The van der Waals surface area contributed by atoms with E-state index in [4.69, 9.17) is 0 Å². The van der Waals surface area contributed by atoms with E-state index >= 15 is 4.39 Å². The largest absolute Gasteiger partial charge is 0.435 e. The van der Waals surface area contributed by atoms with Crippen molar-refractivity contribution >= 4 is 39.1 Å². The highest BCUT2D eigenvalue weighted by molar-refractivity contribution is 9.10. The molecule has 0 saturated heterocycles. The molecule has 2 amide bonds. The number of nitrogens with one attached hydrogen (secondary N) is 2. The molecule has 0 saturated carbocycles. The molecule has 0 atom stereocenters. The van der Waals surface area contributed by atoms with E-state index in [1.165, 1.54) is 0 Å². The molecule has 0 unspecified atom stereocenters. The maximum Gasteiger partial charge on any atom is 0.435 e. The van der Waals surface area contributed by atoms with Crippen molar-refractivity contribution in [1.82, 2.24) is 0 Å². The summed E-state index contributed by atoms with van der Waals surface area (Å²) in [5.41, 5.74) is -13.7. The van der Waals surface area contributed by atoms with Crippen LogP contribution in [0.25, 0.3) is 0 Å². The van der Waals surface area contributed by atoms with E-state index in [2.05, 4.69) is 20.7 Å². The molecule has 19 heteroatoms. The van der Waals surface area contributed by atoms with E-state index < -0.39 is 98.4 Å². The molecule has 0 spiro atoms. The monoisotopic (exact) mass is 714 g/mol. The summed E-state index contributed by atoms with van der Waals surface area (Å²) in [6, 6.07) is 5.26. The molecule has 3 aromatic carbocycles. The minimum Gasteiger partial charge on any atom is -0.433 e. The Morgan fingerprint density at radius 2 is 1.30 bits per heavy atom. The summed E-state index contributed by atoms with van der Waals surface area (Å²) in [5, 5.41) is 3.53. The molecular weight excluding hydrogens is 703 g/mol. The van der Waals surface area contributed by atoms with Crippen LogP contribution in [-0.4, -0.2) is 30.8 Å². The highest BCUT2D eigenvalue weighted by Crippen LogP contribution is 2.55. The molecule has 3 aromatic rings. The van der Waals surface area contributed by atoms with Gasteiger partial charge in [-0.15, -0.1) is 0 Å². The zero-order chi connectivity index (χ0) is 33.4. The van der Waals surface area contributed by atoms with Gasteiger partial charge in [0.05, 0.1) is 28.1 Å². The van der Waals surface area contributed by atoms with Crippen molar-refractivity contribution in [3.63, 3.8) is 0 Å². The lowest BCUT2D eigenvalue weighted by Gasteiger charge is -2.31. The van der Waals surface area contributed by atoms with Crippen molar-refractivity contribution in [2.24, 2.45) is 0 Å². The molecule has 0 aromatic heterocycles. The van der Waals surface area contributed by atoms with Crippen LogP contribution in [0.2, 0.25) is 0 Å². The van der Waals surface area contributed by atoms with Crippen molar-refractivity contribution in [2.75, 3.05) is 10.6 Å². The number of carbonyl (C=O) groups excluding carboxylic acids is 2. The van der Waals surface area contributed by atoms with Gasteiger partial charge in [0.15, 0.2) is 11.6 Å². The number of hydrogen-bond acceptors (Lipinski definition) is 3. The van der Waals surface area contributed by atoms with E-state index in [0.717, 1.165) is 30.3 Å². The highest BCUT2D eigenvalue weighted by atomic mass is 79.9. The van der Waals surface area contributed by atoms with E-state index in [0.29, 0.717) is 12.1 Å². The second kappa shape index (κ2) is 12.2. The van der Waals surface area contributed by atoms with Crippen LogP contribution < -0.4 is 15.4 Å². The van der Waals surface area contributed by atoms with Crippen molar-refractivity contribution in [3.05, 3.63) is 87.1 Å². The molecule has 0 aliphatic rings. The number of anilines is 2. The fraction of sp³-hybridized carbons (Fsp3) is 0.200. The molecular formula is C25H12BrF13N2O3. The van der Waals surface area contributed by atoms with E-state index in [9.17, 15) is 62.3 Å². The minimum absolute atomic E-state index is 0.139. The lowest BCUT2D eigenvalue weighted by atomic mass is 9.93. The van der Waals surface area contributed by atoms with Gasteiger partial charge in [-0.25, -0.2) is 8.78 Å². The van der Waals surface area contributed by atoms with Gasteiger partial charge < -0.3 is 15.4 Å². The minimum atomic E-state index is -6.65. The standard InChI is InChI=1S/C25H12BrF13N2O3/c26-14-8-10(22(30,24(34,35)36)25(37,38)39)9-16(44-21(28)29)18(14)41-20(43)12-5-3-7-15(17(12)27)40-19(42)11-4-1-2-6-13(11)23(31,32)33/h1-9,21H,(H,40,42)(H,41,43). The number of halogens is 14. The first kappa shape index (κ1) is 34.5. The van der Waals surface area contributed by atoms with Crippen LogP contribution in [0.5, 0.6) is 5.75 Å². The molecule has 44 heavy (non-hydrogen) atoms. The molecule has 0 aliphatic carbocycles. The van der Waals surface area contributed by atoms with Crippen molar-refractivity contribution < 1.29 is 71.4 Å². The number of ether oxygens (including phenoxy) is 1. The predicted octanol–water partition coefficient (Wildman–Crippen LogP) is 9.00. The number of amides is 2. The van der Waals surface area contributed by atoms with Crippen molar-refractivity contribution in [3.8, 4) is 5.75 Å². The lowest BCUT2D eigenvalue weighted by Crippen LogP contribution is -2.50. The number of carbonyl (C=O) groups is 2. The van der Waals surface area contributed by atoms with E-state index in [1.807, 2.05) is 5.32 Å². The number of alkyl halides is 12. The topological polar surface area (TPSA) is 67.4 Å². The second-order valence-electron chi connectivity index (χ2n) is 8.48. The highest BCUT2D eigenvalue weighted by Gasteiger charge is 2.73. The average Bonchev–Trinajstić information content (AvgIpc) is 2.88. The molecule has 2 N–H and O–H groups in total. The fourth-order valence-electron chi connectivity index (χ4n) is 3.68. The van der Waals surface area contributed by atoms with Crippen LogP contribution in [0.15, 0.2) is 59.1 Å². The van der Waals surface area contributed by atoms with Crippen molar-refractivity contribution in [2.45, 2.75) is 30.8 Å². The molecule has 0 aliphatic heterocycles. The summed E-state index contributed by atoms with van der Waals surface area (Å²) >= 11 is 2.45. The Hall–Kier alpha value is -4.03. The summed E-state index contributed by atoms with van der Waals surface area (Å²) < 4.78 is 178. The first-order valence-corrected chi connectivity index (χ1v) is 12.1. The van der Waals surface area contributed by atoms with Crippen LogP contribution in [0.4, 0.5) is 68.5 Å². The quantitative estimate of drug-likeness (QED) is 0.240. The smallest absolute Gasteiger partial charge is 0.433 e. The van der Waals surface area contributed by atoms with Crippen molar-refractivity contribution in [1.29, 1.82) is 0 Å². The van der Waals surface area contributed by atoms with Gasteiger partial charge in [-0.1, -0.05) is 18.2 Å². The van der Waals surface area contributed by atoms with Crippen LogP contribution in [0.1, 0.15) is 31.8 Å². The number of benzene rings is 3. The first-order valence-electron chi connectivity index (χ1n) is 11.3. The van der Waals surface area contributed by atoms with Crippen LogP contribution in [0, 0.1) is 5.82 Å². The van der Waals surface area contributed by atoms with Gasteiger partial charge in [0.1, 0.15) is 0 Å². The van der Waals surface area contributed by atoms with Gasteiger partial charge in [-0.05, 0) is 52.3 Å². The Kier molecular flexibility index (Phi) is 9.52. The zero-order valence-corrected chi connectivity index (χ0v) is 22.4. The van der Waals surface area contributed by atoms with Crippen LogP contribution in [-0.2, 0) is 11.8 Å². The average molecular weight is 715 g/mol. The third kappa shape index (κ3) is 6.86. The van der Waals surface area contributed by atoms with Gasteiger partial charge in [0.25, 0.3) is 11.8 Å².